The third-order valence-electron chi connectivity index (χ3n) is 3.60. The summed E-state index contributed by atoms with van der Waals surface area (Å²) >= 11 is 11.9. The van der Waals surface area contributed by atoms with E-state index in [1.165, 1.54) is 24.3 Å². The van der Waals surface area contributed by atoms with Gasteiger partial charge in [-0.3, -0.25) is 9.59 Å². The number of benzene rings is 2. The maximum absolute atomic E-state index is 12.7. The van der Waals surface area contributed by atoms with E-state index >= 15 is 0 Å². The van der Waals surface area contributed by atoms with Crippen LogP contribution in [0.25, 0.3) is 0 Å². The molecule has 0 aromatic heterocycles. The van der Waals surface area contributed by atoms with Crippen LogP contribution in [0.4, 0.5) is 5.69 Å². The molecule has 2 aromatic carbocycles. The molecule has 0 fully saturated rings. The van der Waals surface area contributed by atoms with Gasteiger partial charge in [0.2, 0.25) is 0 Å². The Balaban J connectivity index is 2.25. The fraction of sp³-hybridized carbons (Fsp3) is 0.222. The van der Waals surface area contributed by atoms with Crippen LogP contribution in [-0.2, 0) is 9.53 Å². The number of rotatable bonds is 9. The summed E-state index contributed by atoms with van der Waals surface area (Å²) in [6.45, 7) is 1.69. The van der Waals surface area contributed by atoms with Crippen molar-refractivity contribution >= 4 is 40.6 Å². The molecule has 0 spiro atoms. The van der Waals surface area contributed by atoms with Gasteiger partial charge < -0.3 is 10.2 Å². The van der Waals surface area contributed by atoms with Gasteiger partial charge in [0.05, 0.1) is 17.3 Å². The summed E-state index contributed by atoms with van der Waals surface area (Å²) < 4.78 is 4.96. The van der Waals surface area contributed by atoms with Gasteiger partial charge in [0.25, 0.3) is 0 Å². The first kappa shape index (κ1) is 20.8. The lowest BCUT2D eigenvalue weighted by atomic mass is 9.99. The first-order valence-electron chi connectivity index (χ1n) is 8.02. The third kappa shape index (κ3) is 5.50. The molecule has 0 aliphatic rings. The highest BCUT2D eigenvalue weighted by Crippen LogP contribution is 2.20. The first-order chi connectivity index (χ1) is 13.0. The Morgan fingerprint density at radius 2 is 1.78 bits per heavy atom. The minimum absolute atomic E-state index is 0.0732. The van der Waals surface area contributed by atoms with Crippen LogP contribution in [-0.4, -0.2) is 30.4 Å². The fourth-order valence-corrected chi connectivity index (χ4v) is 2.57. The van der Waals surface area contributed by atoms with Gasteiger partial charge in [0.15, 0.2) is 17.9 Å². The second-order valence-electron chi connectivity index (χ2n) is 5.40. The van der Waals surface area contributed by atoms with Gasteiger partial charge in [-0.15, -0.1) is 4.91 Å². The number of Topliss-reactive ketones (excluding diaryl/α,β-unsaturated/α-hetero) is 1. The molecule has 0 amide bonds. The second kappa shape index (κ2) is 10.0. The van der Waals surface area contributed by atoms with Gasteiger partial charge in [-0.1, -0.05) is 40.5 Å². The number of nitrogens with one attached hydrogen (secondary N) is 2. The van der Waals surface area contributed by atoms with Crippen molar-refractivity contribution in [1.29, 1.82) is 0 Å². The molecule has 0 saturated carbocycles. The number of nitroso groups, excluding NO2 is 1. The maximum Gasteiger partial charge on any atom is 0.327 e. The summed E-state index contributed by atoms with van der Waals surface area (Å²) in [5.74, 6) is -1.45. The molecule has 0 saturated heterocycles. The summed E-state index contributed by atoms with van der Waals surface area (Å²) in [7, 11) is 0. The van der Waals surface area contributed by atoms with Crippen molar-refractivity contribution in [2.45, 2.75) is 19.0 Å². The Labute approximate surface area is 165 Å². The molecule has 0 bridgehead atoms. The number of para-hydroxylation sites is 1. The van der Waals surface area contributed by atoms with E-state index in [4.69, 9.17) is 27.9 Å². The van der Waals surface area contributed by atoms with Gasteiger partial charge in [0.1, 0.15) is 0 Å². The number of hydrogen-bond donors (Lipinski definition) is 2. The average Bonchev–Trinajstić information content (AvgIpc) is 2.66. The average molecular weight is 410 g/mol. The van der Waals surface area contributed by atoms with Gasteiger partial charge in [-0.05, 0) is 43.3 Å². The van der Waals surface area contributed by atoms with E-state index in [1.54, 1.807) is 31.2 Å². The van der Waals surface area contributed by atoms with Crippen molar-refractivity contribution in [3.05, 3.63) is 69.0 Å². The van der Waals surface area contributed by atoms with Gasteiger partial charge in [0, 0.05) is 10.6 Å². The predicted octanol–water partition coefficient (Wildman–Crippen LogP) is 3.86. The minimum atomic E-state index is -1.56. The highest BCUT2D eigenvalue weighted by molar-refractivity contribution is 6.33. The normalized spacial score (nSPS) is 12.7. The largest absolute Gasteiger partial charge is 0.465 e. The Kier molecular flexibility index (Phi) is 7.72. The van der Waals surface area contributed by atoms with Crippen LogP contribution in [0, 0.1) is 4.91 Å². The fourth-order valence-electron chi connectivity index (χ4n) is 2.26. The number of hydrazine groups is 1. The molecule has 7 nitrogen and oxygen atoms in total. The summed E-state index contributed by atoms with van der Waals surface area (Å²) in [5, 5.41) is 3.67. The number of esters is 1. The number of ether oxygens (including phenoxy) is 1. The van der Waals surface area contributed by atoms with Crippen LogP contribution in [0.5, 0.6) is 0 Å². The molecule has 0 aliphatic carbocycles. The number of hydrogen-bond acceptors (Lipinski definition) is 7. The predicted molar refractivity (Wildman–Crippen MR) is 104 cm³/mol. The standard InChI is InChI=1S/C18H17Cl2N3O4/c1-2-27-18(25)16(22-21-14-6-4-3-5-13(14)20)15(23-26)17(24)11-7-9-12(19)10-8-11/h3-10,15-16,21-22H,2H2,1H3. The van der Waals surface area contributed by atoms with Crippen molar-refractivity contribution in [3.63, 3.8) is 0 Å². The van der Waals surface area contributed by atoms with Crippen molar-refractivity contribution in [3.8, 4) is 0 Å². The Morgan fingerprint density at radius 3 is 2.37 bits per heavy atom. The zero-order valence-electron chi connectivity index (χ0n) is 14.3. The number of carbonyl (C=O) groups is 2. The number of carbonyl (C=O) groups excluding carboxylic acids is 2. The van der Waals surface area contributed by atoms with E-state index < -0.39 is 23.8 Å². The number of anilines is 1. The van der Waals surface area contributed by atoms with E-state index in [9.17, 15) is 14.5 Å². The highest BCUT2D eigenvalue weighted by Gasteiger charge is 2.37. The molecule has 0 aliphatic heterocycles. The SMILES string of the molecule is CCOC(=O)C(NNc1ccccc1Cl)C(N=O)C(=O)c1ccc(Cl)cc1. The molecule has 2 unspecified atom stereocenters. The summed E-state index contributed by atoms with van der Waals surface area (Å²) in [5.41, 5.74) is 6.00. The minimum Gasteiger partial charge on any atom is -0.465 e. The Bertz CT molecular complexity index is 815. The lowest BCUT2D eigenvalue weighted by Crippen LogP contribution is -2.51. The smallest absolute Gasteiger partial charge is 0.327 e. The molecular formula is C18H17Cl2N3O4. The summed E-state index contributed by atoms with van der Waals surface area (Å²) in [6, 6.07) is 9.75. The molecule has 142 valence electrons. The molecule has 27 heavy (non-hydrogen) atoms. The molecule has 0 heterocycles. The van der Waals surface area contributed by atoms with E-state index in [0.717, 1.165) is 0 Å². The van der Waals surface area contributed by atoms with Crippen LogP contribution in [0.1, 0.15) is 17.3 Å². The molecule has 0 radical (unpaired) electrons. The molecule has 2 rings (SSSR count). The molecule has 2 aromatic rings. The first-order valence-corrected chi connectivity index (χ1v) is 8.78. The van der Waals surface area contributed by atoms with E-state index in [1.807, 2.05) is 0 Å². The lowest BCUT2D eigenvalue weighted by molar-refractivity contribution is -0.145. The van der Waals surface area contributed by atoms with E-state index in [-0.39, 0.29) is 12.2 Å². The maximum atomic E-state index is 12.7. The Hall–Kier alpha value is -2.48. The summed E-state index contributed by atoms with van der Waals surface area (Å²) in [6.07, 6.45) is 0. The van der Waals surface area contributed by atoms with Crippen molar-refractivity contribution < 1.29 is 14.3 Å². The van der Waals surface area contributed by atoms with Crippen LogP contribution in [0.3, 0.4) is 0 Å². The van der Waals surface area contributed by atoms with Crippen LogP contribution in [0.15, 0.2) is 53.7 Å². The number of nitrogens with zero attached hydrogens (tertiary/aromatic N) is 1. The zero-order chi connectivity index (χ0) is 19.8. The van der Waals surface area contributed by atoms with E-state index in [2.05, 4.69) is 16.0 Å². The summed E-state index contributed by atoms with van der Waals surface area (Å²) in [4.78, 5) is 36.4. The van der Waals surface area contributed by atoms with Crippen molar-refractivity contribution in [1.82, 2.24) is 5.43 Å². The highest BCUT2D eigenvalue weighted by atomic mass is 35.5. The van der Waals surface area contributed by atoms with Gasteiger partial charge >= 0.3 is 5.97 Å². The molecule has 2 N–H and O–H groups in total. The van der Waals surface area contributed by atoms with Gasteiger partial charge in [-0.2, -0.15) is 0 Å². The Morgan fingerprint density at radius 1 is 1.11 bits per heavy atom. The van der Waals surface area contributed by atoms with Crippen molar-refractivity contribution in [2.24, 2.45) is 5.18 Å². The van der Waals surface area contributed by atoms with Crippen molar-refractivity contribution in [2.75, 3.05) is 12.0 Å². The monoisotopic (exact) mass is 409 g/mol. The molecule has 2 atom stereocenters. The number of ketones is 1. The molecule has 9 heteroatoms. The topological polar surface area (TPSA) is 96.9 Å². The van der Waals surface area contributed by atoms with Crippen LogP contribution < -0.4 is 10.9 Å². The quantitative estimate of drug-likeness (QED) is 0.282. The second-order valence-corrected chi connectivity index (χ2v) is 6.24. The van der Waals surface area contributed by atoms with Gasteiger partial charge in [-0.25, -0.2) is 5.43 Å². The third-order valence-corrected chi connectivity index (χ3v) is 4.18. The van der Waals surface area contributed by atoms with Crippen LogP contribution >= 0.6 is 23.2 Å². The zero-order valence-corrected chi connectivity index (χ0v) is 15.8. The van der Waals surface area contributed by atoms with Crippen LogP contribution in [0.2, 0.25) is 10.0 Å². The molecular weight excluding hydrogens is 393 g/mol. The lowest BCUT2D eigenvalue weighted by Gasteiger charge is -2.22. The number of halogens is 2. The van der Waals surface area contributed by atoms with E-state index in [0.29, 0.717) is 15.7 Å².